The molecule has 270 valence electrons. The van der Waals surface area contributed by atoms with Gasteiger partial charge in [-0.25, -0.2) is 19.9 Å². The second-order valence-corrected chi connectivity index (χ2v) is 14.3. The van der Waals surface area contributed by atoms with Gasteiger partial charge >= 0.3 is 0 Å². The van der Waals surface area contributed by atoms with Crippen molar-refractivity contribution in [1.82, 2.24) is 40.3 Å². The highest BCUT2D eigenvalue weighted by Gasteiger charge is 2.39. The number of nitrogens with zero attached hydrogens (tertiary/aromatic N) is 6. The number of anilines is 1. The Kier molecular flexibility index (Phi) is 8.99. The van der Waals surface area contributed by atoms with Crippen LogP contribution in [0.3, 0.4) is 0 Å². The largest absolute Gasteiger partial charge is 0.308 e. The Morgan fingerprint density at radius 3 is 1.69 bits per heavy atom. The highest BCUT2D eigenvalue weighted by atomic mass is 16.2. The van der Waals surface area contributed by atoms with E-state index in [2.05, 4.69) is 112 Å². The number of carbonyl (C=O) groups is 1. The fraction of sp³-hybridized carbons (Fsp3) is 0.178. The number of H-pyrrole nitrogens is 2. The Hall–Kier alpha value is -6.81. The molecule has 1 fully saturated rings. The molecule has 3 aliphatic carbocycles. The summed E-state index contributed by atoms with van der Waals surface area (Å²) in [4.78, 5) is 29.7. The van der Waals surface area contributed by atoms with E-state index in [9.17, 15) is 4.79 Å². The Labute approximate surface area is 319 Å². The minimum atomic E-state index is -0.404. The van der Waals surface area contributed by atoms with E-state index < -0.39 is 5.41 Å². The zero-order valence-electron chi connectivity index (χ0n) is 30.1. The molecule has 0 radical (unpaired) electrons. The maximum Gasteiger partial charge on any atom is 0.228 e. The maximum absolute atomic E-state index is 12.3. The third-order valence-corrected chi connectivity index (χ3v) is 11.2. The number of hydrogen-bond acceptors (Lipinski definition) is 7. The smallest absolute Gasteiger partial charge is 0.228 e. The van der Waals surface area contributed by atoms with E-state index in [0.717, 1.165) is 76.4 Å². The highest BCUT2D eigenvalue weighted by Crippen LogP contribution is 2.43. The molecule has 55 heavy (non-hydrogen) atoms. The van der Waals surface area contributed by atoms with Crippen molar-refractivity contribution in [1.29, 1.82) is 0 Å². The molecule has 10 heteroatoms. The number of aromatic amines is 2. The third kappa shape index (κ3) is 6.35. The average molecular weight is 722 g/mol. The number of benzene rings is 3. The van der Waals surface area contributed by atoms with Crippen molar-refractivity contribution in [2.75, 3.05) is 5.32 Å². The molecular formula is C45H39N9O. The van der Waals surface area contributed by atoms with Crippen molar-refractivity contribution < 1.29 is 4.79 Å². The van der Waals surface area contributed by atoms with Gasteiger partial charge < -0.3 is 5.32 Å². The number of allylic oxidation sites excluding steroid dienone is 2. The lowest BCUT2D eigenvalue weighted by Gasteiger charge is -2.33. The zero-order valence-corrected chi connectivity index (χ0v) is 30.1. The third-order valence-electron chi connectivity index (χ3n) is 11.2. The molecule has 3 aliphatic rings. The van der Waals surface area contributed by atoms with E-state index in [0.29, 0.717) is 12.2 Å². The van der Waals surface area contributed by atoms with Gasteiger partial charge in [0.05, 0.1) is 27.9 Å². The predicted octanol–water partition coefficient (Wildman–Crippen LogP) is 7.92. The summed E-state index contributed by atoms with van der Waals surface area (Å²) in [6.07, 6.45) is 20.0. The topological polar surface area (TPSA) is 138 Å². The number of carbonyl (C=O) groups excluding carboxylic acids is 1. The Morgan fingerprint density at radius 2 is 1.16 bits per heavy atom. The second-order valence-electron chi connectivity index (χ2n) is 14.3. The zero-order chi connectivity index (χ0) is 37.1. The molecule has 2 unspecified atom stereocenters. The van der Waals surface area contributed by atoms with Crippen LogP contribution in [0, 0.1) is 5.92 Å². The number of aromatic nitrogens is 8. The van der Waals surface area contributed by atoms with Gasteiger partial charge in [0.2, 0.25) is 5.91 Å². The lowest BCUT2D eigenvalue weighted by Crippen LogP contribution is -2.32. The summed E-state index contributed by atoms with van der Waals surface area (Å²) < 4.78 is 0. The first-order chi connectivity index (χ1) is 27.1. The van der Waals surface area contributed by atoms with Crippen molar-refractivity contribution in [2.45, 2.75) is 42.9 Å². The number of amides is 1. The van der Waals surface area contributed by atoms with Crippen LogP contribution in [0.2, 0.25) is 0 Å². The van der Waals surface area contributed by atoms with Crippen LogP contribution >= 0.6 is 0 Å². The van der Waals surface area contributed by atoms with Gasteiger partial charge in [0.25, 0.3) is 0 Å². The molecule has 4 heterocycles. The van der Waals surface area contributed by atoms with Crippen molar-refractivity contribution in [2.24, 2.45) is 5.92 Å². The van der Waals surface area contributed by atoms with Crippen molar-refractivity contribution in [3.8, 4) is 11.3 Å². The molecule has 3 aromatic carbocycles. The molecule has 0 aliphatic heterocycles. The molecule has 7 aromatic rings. The van der Waals surface area contributed by atoms with Gasteiger partial charge in [0.15, 0.2) is 5.82 Å². The van der Waals surface area contributed by atoms with Crippen LogP contribution in [0.5, 0.6) is 0 Å². The summed E-state index contributed by atoms with van der Waals surface area (Å²) in [5, 5.41) is 18.4. The van der Waals surface area contributed by atoms with Crippen molar-refractivity contribution in [3.05, 3.63) is 185 Å². The summed E-state index contributed by atoms with van der Waals surface area (Å²) in [6, 6.07) is 35.1. The second kappa shape index (κ2) is 14.5. The van der Waals surface area contributed by atoms with Crippen LogP contribution in [0.25, 0.3) is 23.4 Å². The summed E-state index contributed by atoms with van der Waals surface area (Å²) in [7, 11) is 0. The average Bonchev–Trinajstić information content (AvgIpc) is 3.85. The van der Waals surface area contributed by atoms with Crippen LogP contribution in [0.4, 0.5) is 5.82 Å². The van der Waals surface area contributed by atoms with E-state index in [1.807, 2.05) is 60.7 Å². The summed E-state index contributed by atoms with van der Waals surface area (Å²) in [6.45, 7) is 0. The molecule has 10 nitrogen and oxygen atoms in total. The number of fused-ring (bicyclic) bond motifs is 2. The van der Waals surface area contributed by atoms with E-state index in [1.54, 1.807) is 25.0 Å². The van der Waals surface area contributed by atoms with Crippen molar-refractivity contribution in [3.63, 3.8) is 0 Å². The SMILES string of the molecule is C1=CC(c2ccccc2)(c2ccncn2)Cc2[nH]nc(-c3ccccc3)c21.O=C(Nc1n[nH]c2c1C=CC(c1ccccc1)(c1ccncn1)C2)C1CCC1. The molecule has 2 atom stereocenters. The maximum atomic E-state index is 12.3. The first kappa shape index (κ1) is 34.0. The molecule has 1 amide bonds. The predicted molar refractivity (Wildman–Crippen MR) is 213 cm³/mol. The highest BCUT2D eigenvalue weighted by molar-refractivity contribution is 5.94. The quantitative estimate of drug-likeness (QED) is 0.152. The molecule has 1 saturated carbocycles. The van der Waals surface area contributed by atoms with Gasteiger partial charge in [-0.1, -0.05) is 122 Å². The van der Waals surface area contributed by atoms with Crippen LogP contribution in [0.1, 0.15) is 64.3 Å². The minimum absolute atomic E-state index is 0.0737. The minimum Gasteiger partial charge on any atom is -0.308 e. The molecule has 10 rings (SSSR count). The first-order valence-electron chi connectivity index (χ1n) is 18.7. The fourth-order valence-corrected chi connectivity index (χ4v) is 7.95. The number of nitrogens with one attached hydrogen (secondary N) is 3. The molecular weight excluding hydrogens is 683 g/mol. The standard InChI is InChI=1S/C23H18N4.C22H21N5O/c1-3-7-17(8-4-1)22-19-11-13-23(15-20(19)26-27-22,18-9-5-2-6-10-18)21-12-14-24-16-25-21;28-21(15-5-4-6-15)25-20-17-9-11-22(13-18(17)26-27-20,16-7-2-1-3-8-16)19-10-12-23-14-24-19/h1-14,16H,15H2,(H,26,27);1-3,7-12,14-15H,4-6,13H2,(H2,25,26,27,28). The Morgan fingerprint density at radius 1 is 0.636 bits per heavy atom. The summed E-state index contributed by atoms with van der Waals surface area (Å²) in [5.41, 5.74) is 9.89. The first-order valence-corrected chi connectivity index (χ1v) is 18.7. The van der Waals surface area contributed by atoms with Gasteiger partial charge in [0.1, 0.15) is 12.7 Å². The van der Waals surface area contributed by atoms with Crippen LogP contribution in [-0.2, 0) is 28.5 Å². The Bertz CT molecular complexity index is 2380. The van der Waals surface area contributed by atoms with E-state index in [-0.39, 0.29) is 17.2 Å². The monoisotopic (exact) mass is 721 g/mol. The number of rotatable bonds is 7. The lowest BCUT2D eigenvalue weighted by atomic mass is 9.70. The van der Waals surface area contributed by atoms with Gasteiger partial charge in [-0.15, -0.1) is 0 Å². The number of hydrogen-bond donors (Lipinski definition) is 3. The van der Waals surface area contributed by atoms with Crippen LogP contribution < -0.4 is 5.32 Å². The molecule has 3 N–H and O–H groups in total. The lowest BCUT2D eigenvalue weighted by molar-refractivity contribution is -0.122. The van der Waals surface area contributed by atoms with Crippen LogP contribution in [-0.4, -0.2) is 46.2 Å². The van der Waals surface area contributed by atoms with Crippen LogP contribution in [0.15, 0.2) is 140 Å². The molecule has 4 aromatic heterocycles. The van der Waals surface area contributed by atoms with Crippen molar-refractivity contribution >= 4 is 23.9 Å². The Balaban J connectivity index is 0.000000144. The summed E-state index contributed by atoms with van der Waals surface area (Å²) in [5.74, 6) is 0.821. The molecule has 0 saturated heterocycles. The molecule has 0 bridgehead atoms. The van der Waals surface area contributed by atoms with E-state index in [4.69, 9.17) is 0 Å². The summed E-state index contributed by atoms with van der Waals surface area (Å²) >= 11 is 0. The van der Waals surface area contributed by atoms with Gasteiger partial charge in [0, 0.05) is 59.2 Å². The van der Waals surface area contributed by atoms with Gasteiger partial charge in [-0.3, -0.25) is 15.0 Å². The fourth-order valence-electron chi connectivity index (χ4n) is 7.95. The van der Waals surface area contributed by atoms with E-state index >= 15 is 0 Å². The van der Waals surface area contributed by atoms with E-state index in [1.165, 1.54) is 5.56 Å². The normalized spacial score (nSPS) is 19.6. The molecule has 0 spiro atoms. The van der Waals surface area contributed by atoms with Gasteiger partial charge in [-0.05, 0) is 36.1 Å². The van der Waals surface area contributed by atoms with Gasteiger partial charge in [-0.2, -0.15) is 10.2 Å².